The van der Waals surface area contributed by atoms with E-state index in [0.29, 0.717) is 17.0 Å². The smallest absolute Gasteiger partial charge is 0.406 e. The first kappa shape index (κ1) is 23.9. The van der Waals surface area contributed by atoms with Crippen LogP contribution in [0.2, 0.25) is 0 Å². The lowest BCUT2D eigenvalue weighted by Gasteiger charge is -2.25. The molecule has 0 saturated carbocycles. The molecule has 3 aromatic carbocycles. The van der Waals surface area contributed by atoms with Crippen LogP contribution in [0.3, 0.4) is 0 Å². The van der Waals surface area contributed by atoms with Gasteiger partial charge in [0.25, 0.3) is 0 Å². The van der Waals surface area contributed by atoms with Crippen molar-refractivity contribution in [2.24, 2.45) is 0 Å². The maximum absolute atomic E-state index is 14.8. The van der Waals surface area contributed by atoms with Crippen molar-refractivity contribution in [3.63, 3.8) is 0 Å². The fraction of sp³-hybridized carbons (Fsp3) is 0.310. The normalized spacial score (nSPS) is 15.3. The number of halogens is 4. The zero-order chi connectivity index (χ0) is 24.1. The van der Waals surface area contributed by atoms with Gasteiger partial charge in [0.15, 0.2) is 0 Å². The maximum Gasteiger partial charge on any atom is 0.573 e. The SMILES string of the molecule is CCCCc1ccc(C2CCc3cc(C#Cc4ccc(OC(F)(F)F)cc4)c(F)cc3C2)cc1. The maximum atomic E-state index is 14.8. The summed E-state index contributed by atoms with van der Waals surface area (Å²) in [6, 6.07) is 17.5. The molecule has 0 saturated heterocycles. The third-order valence-corrected chi connectivity index (χ3v) is 6.22. The number of fused-ring (bicyclic) bond motifs is 1. The van der Waals surface area contributed by atoms with Crippen LogP contribution in [0, 0.1) is 17.7 Å². The second-order valence-corrected chi connectivity index (χ2v) is 8.71. The molecule has 0 aromatic heterocycles. The van der Waals surface area contributed by atoms with Crippen molar-refractivity contribution in [2.45, 2.75) is 57.7 Å². The van der Waals surface area contributed by atoms with Gasteiger partial charge >= 0.3 is 6.36 Å². The summed E-state index contributed by atoms with van der Waals surface area (Å²) in [6.45, 7) is 2.19. The molecular weight excluding hydrogens is 440 g/mol. The summed E-state index contributed by atoms with van der Waals surface area (Å²) in [7, 11) is 0. The quantitative estimate of drug-likeness (QED) is 0.276. The van der Waals surface area contributed by atoms with E-state index in [1.54, 1.807) is 6.07 Å². The van der Waals surface area contributed by atoms with Crippen molar-refractivity contribution in [2.75, 3.05) is 0 Å². The lowest BCUT2D eigenvalue weighted by atomic mass is 9.79. The monoisotopic (exact) mass is 466 g/mol. The van der Waals surface area contributed by atoms with Gasteiger partial charge in [0.2, 0.25) is 0 Å². The summed E-state index contributed by atoms with van der Waals surface area (Å²) in [5.41, 5.74) is 5.56. The molecule has 1 nitrogen and oxygen atoms in total. The first-order valence-electron chi connectivity index (χ1n) is 11.6. The van der Waals surface area contributed by atoms with Crippen molar-refractivity contribution in [1.82, 2.24) is 0 Å². The molecule has 1 aliphatic rings. The van der Waals surface area contributed by atoms with Crippen LogP contribution in [0.15, 0.2) is 60.7 Å². The summed E-state index contributed by atoms with van der Waals surface area (Å²) in [5.74, 6) is 5.33. The minimum atomic E-state index is -4.74. The van der Waals surface area contributed by atoms with Crippen LogP contribution in [-0.4, -0.2) is 6.36 Å². The van der Waals surface area contributed by atoms with E-state index in [1.807, 2.05) is 6.07 Å². The highest BCUT2D eigenvalue weighted by atomic mass is 19.4. The minimum Gasteiger partial charge on any atom is -0.406 e. The highest BCUT2D eigenvalue weighted by Crippen LogP contribution is 2.34. The van der Waals surface area contributed by atoms with Gasteiger partial charge < -0.3 is 4.74 Å². The highest BCUT2D eigenvalue weighted by Gasteiger charge is 2.31. The van der Waals surface area contributed by atoms with Crippen LogP contribution in [0.5, 0.6) is 5.75 Å². The molecule has 0 spiro atoms. The Morgan fingerprint density at radius 2 is 1.68 bits per heavy atom. The molecular formula is C29H26F4O. The summed E-state index contributed by atoms with van der Waals surface area (Å²) in [6.07, 6.45) is 1.40. The molecule has 0 heterocycles. The highest BCUT2D eigenvalue weighted by molar-refractivity contribution is 5.48. The Morgan fingerprint density at radius 1 is 0.941 bits per heavy atom. The van der Waals surface area contributed by atoms with Crippen LogP contribution in [0.4, 0.5) is 17.6 Å². The van der Waals surface area contributed by atoms with Crippen molar-refractivity contribution >= 4 is 0 Å². The number of benzene rings is 3. The van der Waals surface area contributed by atoms with Crippen LogP contribution in [-0.2, 0) is 19.3 Å². The van der Waals surface area contributed by atoms with Crippen molar-refractivity contribution in [3.8, 4) is 17.6 Å². The molecule has 0 fully saturated rings. The largest absolute Gasteiger partial charge is 0.573 e. The Bertz CT molecular complexity index is 1180. The summed E-state index contributed by atoms with van der Waals surface area (Å²) >= 11 is 0. The number of hydrogen-bond acceptors (Lipinski definition) is 1. The molecule has 1 aliphatic carbocycles. The fourth-order valence-corrected chi connectivity index (χ4v) is 4.38. The predicted octanol–water partition coefficient (Wildman–Crippen LogP) is 7.74. The number of aryl methyl sites for hydroxylation is 2. The number of unbranched alkanes of at least 4 members (excludes halogenated alkanes) is 1. The molecule has 0 bridgehead atoms. The van der Waals surface area contributed by atoms with Gasteiger partial charge in [-0.1, -0.05) is 49.5 Å². The number of alkyl halides is 3. The van der Waals surface area contributed by atoms with E-state index in [-0.39, 0.29) is 11.6 Å². The summed E-state index contributed by atoms with van der Waals surface area (Å²) < 4.78 is 55.5. The molecule has 34 heavy (non-hydrogen) atoms. The van der Waals surface area contributed by atoms with Gasteiger partial charge in [-0.25, -0.2) is 4.39 Å². The second-order valence-electron chi connectivity index (χ2n) is 8.71. The van der Waals surface area contributed by atoms with Crippen molar-refractivity contribution < 1.29 is 22.3 Å². The Labute approximate surface area is 197 Å². The van der Waals surface area contributed by atoms with Crippen LogP contribution >= 0.6 is 0 Å². The molecule has 5 heteroatoms. The van der Waals surface area contributed by atoms with Gasteiger partial charge in [-0.2, -0.15) is 0 Å². The Balaban J connectivity index is 1.45. The topological polar surface area (TPSA) is 9.23 Å². The van der Waals surface area contributed by atoms with E-state index in [0.717, 1.165) is 36.8 Å². The first-order chi connectivity index (χ1) is 16.3. The lowest BCUT2D eigenvalue weighted by molar-refractivity contribution is -0.274. The van der Waals surface area contributed by atoms with E-state index >= 15 is 0 Å². The number of rotatable bonds is 5. The molecule has 0 aliphatic heterocycles. The average molecular weight is 467 g/mol. The standard InChI is InChI=1S/C29H26F4O/c1-2-3-4-20-5-10-22(11-6-20)23-13-14-24-17-25(28(30)19-26(24)18-23)12-7-21-8-15-27(16-9-21)34-29(31,32)33/h5-6,8-11,15-17,19,23H,2-4,13-14,18H2,1H3. The fourth-order valence-electron chi connectivity index (χ4n) is 4.38. The van der Waals surface area contributed by atoms with E-state index in [2.05, 4.69) is 47.8 Å². The predicted molar refractivity (Wildman–Crippen MR) is 125 cm³/mol. The minimum absolute atomic E-state index is 0.299. The van der Waals surface area contributed by atoms with E-state index in [4.69, 9.17) is 0 Å². The third kappa shape index (κ3) is 6.20. The van der Waals surface area contributed by atoms with Gasteiger partial charge in [0.1, 0.15) is 11.6 Å². The van der Waals surface area contributed by atoms with Crippen LogP contribution < -0.4 is 4.74 Å². The lowest BCUT2D eigenvalue weighted by Crippen LogP contribution is -2.16. The van der Waals surface area contributed by atoms with Gasteiger partial charge in [-0.15, -0.1) is 13.2 Å². The number of hydrogen-bond donors (Lipinski definition) is 0. The Morgan fingerprint density at radius 3 is 2.35 bits per heavy atom. The Hall–Kier alpha value is -3.26. The molecule has 1 unspecified atom stereocenters. The molecule has 0 amide bonds. The molecule has 0 radical (unpaired) electrons. The molecule has 1 atom stereocenters. The Kier molecular flexibility index (Phi) is 7.26. The van der Waals surface area contributed by atoms with Gasteiger partial charge in [-0.05, 0) is 96.7 Å². The van der Waals surface area contributed by atoms with Crippen molar-refractivity contribution in [3.05, 3.63) is 99.9 Å². The van der Waals surface area contributed by atoms with E-state index < -0.39 is 6.36 Å². The summed E-state index contributed by atoms with van der Waals surface area (Å²) in [5, 5.41) is 0. The van der Waals surface area contributed by atoms with Gasteiger partial charge in [0, 0.05) is 5.56 Å². The van der Waals surface area contributed by atoms with Crippen molar-refractivity contribution in [1.29, 1.82) is 0 Å². The molecule has 176 valence electrons. The van der Waals surface area contributed by atoms with E-state index in [1.165, 1.54) is 48.2 Å². The zero-order valence-electron chi connectivity index (χ0n) is 19.0. The second kappa shape index (κ2) is 10.3. The first-order valence-corrected chi connectivity index (χ1v) is 11.6. The van der Waals surface area contributed by atoms with Crippen LogP contribution in [0.1, 0.15) is 65.5 Å². The zero-order valence-corrected chi connectivity index (χ0v) is 19.0. The average Bonchev–Trinajstić information content (AvgIpc) is 2.81. The molecule has 4 rings (SSSR count). The molecule has 0 N–H and O–H groups in total. The summed E-state index contributed by atoms with van der Waals surface area (Å²) in [4.78, 5) is 0. The van der Waals surface area contributed by atoms with Crippen LogP contribution in [0.25, 0.3) is 0 Å². The number of ether oxygens (including phenoxy) is 1. The molecule has 3 aromatic rings. The van der Waals surface area contributed by atoms with Gasteiger partial charge in [0.05, 0.1) is 5.56 Å². The third-order valence-electron chi connectivity index (χ3n) is 6.22. The van der Waals surface area contributed by atoms with Gasteiger partial charge in [-0.3, -0.25) is 0 Å². The van der Waals surface area contributed by atoms with E-state index in [9.17, 15) is 17.6 Å².